The van der Waals surface area contributed by atoms with Gasteiger partial charge in [0.25, 0.3) is 0 Å². The molecule has 0 saturated heterocycles. The Morgan fingerprint density at radius 2 is 1.78 bits per heavy atom. The van der Waals surface area contributed by atoms with Gasteiger partial charge in [-0.1, -0.05) is 0 Å². The Labute approximate surface area is 68.1 Å². The van der Waals surface area contributed by atoms with E-state index in [0.717, 1.165) is 5.92 Å². The maximum atomic E-state index is 1.54. The molecule has 0 aromatic carbocycles. The zero-order valence-electron chi connectivity index (χ0n) is 6.23. The molecule has 0 N–H and O–H groups in total. The number of hydrogen-bond donors (Lipinski definition) is 0. The average molecular weight is 177 g/mol. The first-order chi connectivity index (χ1) is 4.43. The minimum atomic E-state index is 1.13. The van der Waals surface area contributed by atoms with Crippen LogP contribution in [0.15, 0.2) is 0 Å². The van der Waals surface area contributed by atoms with E-state index in [0.29, 0.717) is 0 Å². The molecule has 1 aliphatic rings. The third-order valence-electron chi connectivity index (χ3n) is 2.34. The Kier molecular flexibility index (Phi) is 3.81. The molecular formula is C8H15Zn. The van der Waals surface area contributed by atoms with E-state index in [1.165, 1.54) is 42.6 Å². The van der Waals surface area contributed by atoms with Crippen molar-refractivity contribution in [3.05, 3.63) is 0 Å². The Bertz CT molecular complexity index is 62.2. The van der Waals surface area contributed by atoms with Gasteiger partial charge < -0.3 is 0 Å². The molecule has 1 aliphatic carbocycles. The van der Waals surface area contributed by atoms with Crippen LogP contribution >= 0.6 is 0 Å². The van der Waals surface area contributed by atoms with Crippen molar-refractivity contribution in [1.29, 1.82) is 0 Å². The third-order valence-corrected chi connectivity index (χ3v) is 3.19. The van der Waals surface area contributed by atoms with Crippen molar-refractivity contribution in [2.24, 2.45) is 5.92 Å². The standard InChI is InChI=1S/C8H15.Zn/c1-2-8-6-4-3-5-7-8;/h8H,1-7H2;. The summed E-state index contributed by atoms with van der Waals surface area (Å²) < 4.78 is 0. The summed E-state index contributed by atoms with van der Waals surface area (Å²) in [7, 11) is 0. The zero-order chi connectivity index (χ0) is 6.53. The molecule has 0 radical (unpaired) electrons. The molecule has 9 heavy (non-hydrogen) atoms. The molecule has 1 saturated carbocycles. The fourth-order valence-electron chi connectivity index (χ4n) is 1.76. The van der Waals surface area contributed by atoms with Gasteiger partial charge in [-0.3, -0.25) is 0 Å². The molecule has 0 aliphatic heterocycles. The van der Waals surface area contributed by atoms with Crippen LogP contribution in [0.4, 0.5) is 0 Å². The van der Waals surface area contributed by atoms with E-state index < -0.39 is 0 Å². The predicted octanol–water partition coefficient (Wildman–Crippen LogP) is 2.92. The van der Waals surface area contributed by atoms with Crippen LogP contribution in [-0.4, -0.2) is 0 Å². The minimum absolute atomic E-state index is 1.13. The Balaban J connectivity index is 2.08. The summed E-state index contributed by atoms with van der Waals surface area (Å²) in [6.07, 6.45) is 9.17. The monoisotopic (exact) mass is 175 g/mol. The van der Waals surface area contributed by atoms with Crippen molar-refractivity contribution in [3.8, 4) is 0 Å². The van der Waals surface area contributed by atoms with Crippen molar-refractivity contribution < 1.29 is 18.3 Å². The fraction of sp³-hybridized carbons (Fsp3) is 1.00. The predicted molar refractivity (Wildman–Crippen MR) is 36.0 cm³/mol. The molecule has 0 spiro atoms. The molecule has 1 rings (SSSR count). The first-order valence-electron chi connectivity index (χ1n) is 4.22. The van der Waals surface area contributed by atoms with Gasteiger partial charge in [-0.2, -0.15) is 0 Å². The van der Waals surface area contributed by atoms with Crippen LogP contribution in [-0.2, 0) is 18.3 Å². The van der Waals surface area contributed by atoms with Crippen molar-refractivity contribution >= 4 is 0 Å². The molecule has 1 heteroatoms. The Morgan fingerprint density at radius 3 is 2.33 bits per heavy atom. The second kappa shape index (κ2) is 4.44. The van der Waals surface area contributed by atoms with Gasteiger partial charge >= 0.3 is 67.8 Å². The van der Waals surface area contributed by atoms with E-state index in [2.05, 4.69) is 0 Å². The molecule has 1 fully saturated rings. The van der Waals surface area contributed by atoms with Crippen molar-refractivity contribution in [2.45, 2.75) is 43.5 Å². The molecular weight excluding hydrogens is 161 g/mol. The van der Waals surface area contributed by atoms with E-state index in [-0.39, 0.29) is 0 Å². The SMILES string of the molecule is [Zn][CH2]CC1CCCCC1. The molecule has 0 heterocycles. The van der Waals surface area contributed by atoms with Gasteiger partial charge in [0.15, 0.2) is 0 Å². The molecule has 0 aromatic heterocycles. The van der Waals surface area contributed by atoms with Gasteiger partial charge in [0.1, 0.15) is 0 Å². The molecule has 0 nitrogen and oxygen atoms in total. The summed E-state index contributed by atoms with van der Waals surface area (Å²) in [5, 5.41) is 1.52. The summed E-state index contributed by atoms with van der Waals surface area (Å²) in [4.78, 5) is 0. The maximum absolute atomic E-state index is 1.54. The quantitative estimate of drug-likeness (QED) is 0.568. The van der Waals surface area contributed by atoms with Gasteiger partial charge in [-0.25, -0.2) is 0 Å². The van der Waals surface area contributed by atoms with Gasteiger partial charge in [0.2, 0.25) is 0 Å². The Hall–Kier alpha value is 0.623. The summed E-state index contributed by atoms with van der Waals surface area (Å²) in [5.74, 6) is 1.13. The van der Waals surface area contributed by atoms with Crippen LogP contribution in [0, 0.1) is 5.92 Å². The molecule has 0 unspecified atom stereocenters. The van der Waals surface area contributed by atoms with E-state index in [1.54, 1.807) is 19.3 Å². The van der Waals surface area contributed by atoms with E-state index in [4.69, 9.17) is 0 Å². The van der Waals surface area contributed by atoms with Gasteiger partial charge in [-0.05, 0) is 0 Å². The molecule has 49 valence electrons. The molecule has 0 amide bonds. The first-order valence-corrected chi connectivity index (χ1v) is 6.32. The van der Waals surface area contributed by atoms with Crippen LogP contribution in [0.25, 0.3) is 0 Å². The van der Waals surface area contributed by atoms with Crippen molar-refractivity contribution in [1.82, 2.24) is 0 Å². The Morgan fingerprint density at radius 1 is 1.11 bits per heavy atom. The normalized spacial score (nSPS) is 22.4. The second-order valence-corrected chi connectivity index (χ2v) is 4.63. The molecule has 0 aromatic rings. The van der Waals surface area contributed by atoms with Crippen molar-refractivity contribution in [2.75, 3.05) is 0 Å². The summed E-state index contributed by atoms with van der Waals surface area (Å²) in [6.45, 7) is 0. The van der Waals surface area contributed by atoms with Crippen LogP contribution in [0.1, 0.15) is 38.5 Å². The third kappa shape index (κ3) is 2.80. The number of rotatable bonds is 2. The van der Waals surface area contributed by atoms with E-state index >= 15 is 0 Å². The van der Waals surface area contributed by atoms with E-state index in [9.17, 15) is 0 Å². The fourth-order valence-corrected chi connectivity index (χ4v) is 2.98. The molecule has 0 atom stereocenters. The first kappa shape index (κ1) is 7.73. The van der Waals surface area contributed by atoms with Gasteiger partial charge in [-0.15, -0.1) is 0 Å². The van der Waals surface area contributed by atoms with E-state index in [1.807, 2.05) is 0 Å². The topological polar surface area (TPSA) is 0 Å². The van der Waals surface area contributed by atoms with Gasteiger partial charge in [0.05, 0.1) is 0 Å². The molecule has 0 bridgehead atoms. The average Bonchev–Trinajstić information content (AvgIpc) is 1.91. The summed E-state index contributed by atoms with van der Waals surface area (Å²) in [6, 6.07) is 0. The van der Waals surface area contributed by atoms with Gasteiger partial charge in [0, 0.05) is 0 Å². The zero-order valence-corrected chi connectivity index (χ0v) is 9.20. The van der Waals surface area contributed by atoms with Crippen LogP contribution < -0.4 is 0 Å². The van der Waals surface area contributed by atoms with Crippen LogP contribution in [0.5, 0.6) is 0 Å². The van der Waals surface area contributed by atoms with Crippen LogP contribution in [0.3, 0.4) is 0 Å². The van der Waals surface area contributed by atoms with Crippen molar-refractivity contribution in [3.63, 3.8) is 0 Å². The van der Waals surface area contributed by atoms with Crippen LogP contribution in [0.2, 0.25) is 5.02 Å². The number of hydrogen-bond acceptors (Lipinski definition) is 0. The summed E-state index contributed by atoms with van der Waals surface area (Å²) >= 11 is 1.51. The summed E-state index contributed by atoms with van der Waals surface area (Å²) in [5.41, 5.74) is 0. The second-order valence-electron chi connectivity index (χ2n) is 3.15.